The first-order valence-electron chi connectivity index (χ1n) is 28.0. The summed E-state index contributed by atoms with van der Waals surface area (Å²) in [5.41, 5.74) is 1.07. The molecule has 0 unspecified atom stereocenters. The van der Waals surface area contributed by atoms with Crippen LogP contribution in [0.4, 0.5) is 43.9 Å². The van der Waals surface area contributed by atoms with Crippen molar-refractivity contribution in [3.05, 3.63) is 225 Å². The zero-order chi connectivity index (χ0) is 65.1. The summed E-state index contributed by atoms with van der Waals surface area (Å²) in [6.45, 7) is -1.09. The van der Waals surface area contributed by atoms with E-state index in [4.69, 9.17) is 29.5 Å². The molecule has 12 rings (SSSR count). The van der Waals surface area contributed by atoms with Crippen LogP contribution in [-0.2, 0) is 35.5 Å². The maximum atomic E-state index is 15.6. The van der Waals surface area contributed by atoms with E-state index >= 15 is 17.6 Å². The van der Waals surface area contributed by atoms with Gasteiger partial charge in [-0.15, -0.1) is 0 Å². The molecule has 0 spiro atoms. The molecule has 92 heavy (non-hydrogen) atoms. The molecule has 0 saturated carbocycles. The minimum Gasteiger partial charge on any atom is -0.478 e. The van der Waals surface area contributed by atoms with Crippen molar-refractivity contribution in [3.8, 4) is 46.4 Å². The van der Waals surface area contributed by atoms with Crippen LogP contribution in [0, 0.1) is 69.4 Å². The molecule has 0 bridgehead atoms. The number of rotatable bonds is 18. The lowest BCUT2D eigenvalue weighted by molar-refractivity contribution is 0.0550. The molecule has 2 saturated heterocycles. The minimum atomic E-state index is -2.75. The largest absolute Gasteiger partial charge is 0.478 e. The highest BCUT2D eigenvalue weighted by Gasteiger charge is 2.40. The number of nitriles is 2. The molecule has 2 N–H and O–H groups in total. The minimum absolute atomic E-state index is 0.0203. The number of nitrogens with zero attached hydrogens (tertiary/aromatic N) is 8. The van der Waals surface area contributed by atoms with Crippen molar-refractivity contribution in [1.29, 1.82) is 10.5 Å². The smallest absolute Gasteiger partial charge is 0.335 e. The van der Waals surface area contributed by atoms with Crippen molar-refractivity contribution in [2.45, 2.75) is 51.0 Å². The lowest BCUT2D eigenvalue weighted by atomic mass is 10.0. The normalized spacial score (nSPS) is 16.2. The number of aromatic carboxylic acids is 2. The van der Waals surface area contributed by atoms with Crippen LogP contribution in [0.25, 0.3) is 44.6 Å². The van der Waals surface area contributed by atoms with E-state index in [0.29, 0.717) is 11.0 Å². The predicted octanol–water partition coefficient (Wildman–Crippen LogP) is 13.4. The average molecular weight is 1270 g/mol. The molecular weight excluding hydrogens is 1220 g/mol. The lowest BCUT2D eigenvalue weighted by Crippen LogP contribution is -2.25. The van der Waals surface area contributed by atoms with Gasteiger partial charge in [-0.05, 0) is 108 Å². The quantitative estimate of drug-likeness (QED) is 0.0764. The number of hydrogen-bond donors (Lipinski definition) is 2. The van der Waals surface area contributed by atoms with Crippen LogP contribution < -0.4 is 9.47 Å². The van der Waals surface area contributed by atoms with E-state index in [-0.39, 0.29) is 154 Å². The highest BCUT2D eigenvalue weighted by atomic mass is 19.3. The highest BCUT2D eigenvalue weighted by molar-refractivity contribution is 5.93. The van der Waals surface area contributed by atoms with Gasteiger partial charge in [0.2, 0.25) is 24.6 Å². The van der Waals surface area contributed by atoms with Crippen LogP contribution >= 0.6 is 0 Å². The van der Waals surface area contributed by atoms with E-state index in [1.54, 1.807) is 0 Å². The zero-order valence-corrected chi connectivity index (χ0v) is 47.5. The Morgan fingerprint density at radius 3 is 1.27 bits per heavy atom. The molecule has 6 heterocycles. The monoisotopic (exact) mass is 1270 g/mol. The van der Waals surface area contributed by atoms with Gasteiger partial charge in [0.15, 0.2) is 0 Å². The first-order chi connectivity index (χ1) is 44.2. The number of pyridine rings is 2. The number of fused-ring (bicyclic) bond motifs is 2. The Bertz CT molecular complexity index is 4300. The molecule has 6 aromatic carbocycles. The van der Waals surface area contributed by atoms with Gasteiger partial charge in [0.25, 0.3) is 0 Å². The standard InChI is InChI=1S/2C33H23F5N4O4/c2*34-23-8-17(13-39)4-5-19(23)14-46-31-3-1-2-26(41-31)21-12-24(35)20(9-25(21)36)11-30-40-27-7-6-18(33(43)44)10-28(27)42(30)29-16-45-15-22(29)32(37)38/h2*1-10,12,22,29,32H,11,14-16H2,(H,43,44)/t2*22-,29+/m00/s1. The van der Waals surface area contributed by atoms with Gasteiger partial charge in [-0.3, -0.25) is 0 Å². The summed E-state index contributed by atoms with van der Waals surface area (Å²) < 4.78 is 171. The van der Waals surface area contributed by atoms with Crippen LogP contribution in [0.2, 0.25) is 0 Å². The molecule has 2 aliphatic heterocycles. The fourth-order valence-corrected chi connectivity index (χ4v) is 10.9. The number of carboxylic acids is 2. The summed E-state index contributed by atoms with van der Waals surface area (Å²) in [6, 6.07) is 30.5. The molecule has 4 aromatic heterocycles. The van der Waals surface area contributed by atoms with Crippen LogP contribution in [0.1, 0.15) is 77.8 Å². The molecule has 16 nitrogen and oxygen atoms in total. The Balaban J connectivity index is 0.000000188. The Morgan fingerprint density at radius 2 is 0.902 bits per heavy atom. The topological polar surface area (TPSA) is 221 Å². The van der Waals surface area contributed by atoms with Gasteiger partial charge in [0.05, 0.1) is 118 Å². The SMILES string of the molecule is N#Cc1ccc(COc2cccc(-c3cc(F)c(Cc4nc5ccc(C(=O)O)cc5n4[C@@H]4COC[C@@H]4C(F)F)cc3F)n2)c(F)c1.N#Cc1ccc(COc2cccc(-c3cc(F)c(Cc4nc5ccc(C(=O)O)cc5n4[C@@H]4COC[C@@H]4C(F)F)cc3F)n2)c(F)c1. The fraction of sp³-hybridized carbons (Fsp3) is 0.212. The average Bonchev–Trinajstić information content (AvgIpc) is 1.62. The fourth-order valence-electron chi connectivity index (χ4n) is 10.9. The summed E-state index contributed by atoms with van der Waals surface area (Å²) in [5.74, 6) is -9.15. The van der Waals surface area contributed by atoms with Crippen molar-refractivity contribution in [3.63, 3.8) is 0 Å². The number of hydrogen-bond acceptors (Lipinski definition) is 12. The number of carbonyl (C=O) groups is 2. The van der Waals surface area contributed by atoms with Gasteiger partial charge in [0.1, 0.15) is 59.8 Å². The van der Waals surface area contributed by atoms with E-state index in [9.17, 15) is 46.1 Å². The Morgan fingerprint density at radius 1 is 0.500 bits per heavy atom. The molecule has 0 aliphatic carbocycles. The lowest BCUT2D eigenvalue weighted by Gasteiger charge is -2.22. The predicted molar refractivity (Wildman–Crippen MR) is 308 cm³/mol. The third kappa shape index (κ3) is 13.3. The molecule has 4 atom stereocenters. The number of halogens is 10. The highest BCUT2D eigenvalue weighted by Crippen LogP contribution is 2.39. The first kappa shape index (κ1) is 62.9. The third-order valence-corrected chi connectivity index (χ3v) is 15.6. The zero-order valence-electron chi connectivity index (χ0n) is 47.5. The first-order valence-corrected chi connectivity index (χ1v) is 28.0. The summed E-state index contributed by atoms with van der Waals surface area (Å²) in [4.78, 5) is 40.7. The van der Waals surface area contributed by atoms with Gasteiger partial charge in [-0.25, -0.2) is 73.4 Å². The van der Waals surface area contributed by atoms with Crippen LogP contribution in [0.3, 0.4) is 0 Å². The second kappa shape index (κ2) is 26.8. The van der Waals surface area contributed by atoms with Gasteiger partial charge in [-0.2, -0.15) is 10.5 Å². The van der Waals surface area contributed by atoms with Crippen LogP contribution in [0.5, 0.6) is 11.8 Å². The van der Waals surface area contributed by atoms with Crippen molar-refractivity contribution < 1.29 is 82.7 Å². The summed E-state index contributed by atoms with van der Waals surface area (Å²) >= 11 is 0. The molecule has 0 amide bonds. The molecule has 26 heteroatoms. The third-order valence-electron chi connectivity index (χ3n) is 15.6. The van der Waals surface area contributed by atoms with Crippen molar-refractivity contribution in [1.82, 2.24) is 29.1 Å². The van der Waals surface area contributed by atoms with E-state index < -0.39 is 83.6 Å². The van der Waals surface area contributed by atoms with E-state index in [2.05, 4.69) is 19.9 Å². The number of imidazole rings is 2. The second-order valence-corrected chi connectivity index (χ2v) is 21.4. The molecule has 0 radical (unpaired) electrons. The van der Waals surface area contributed by atoms with Crippen LogP contribution in [-0.4, -0.2) is 90.5 Å². The van der Waals surface area contributed by atoms with Gasteiger partial charge >= 0.3 is 11.9 Å². The number of alkyl halides is 4. The number of benzene rings is 6. The van der Waals surface area contributed by atoms with E-state index in [1.165, 1.54) is 106 Å². The Kier molecular flexibility index (Phi) is 18.3. The Hall–Kier alpha value is -10.7. The summed E-state index contributed by atoms with van der Waals surface area (Å²) in [5, 5.41) is 36.8. The Labute approximate surface area is 514 Å². The van der Waals surface area contributed by atoms with Crippen molar-refractivity contribution >= 4 is 34.0 Å². The summed E-state index contributed by atoms with van der Waals surface area (Å²) in [6.07, 6.45) is -6.08. The molecule has 468 valence electrons. The molecule has 10 aromatic rings. The molecule has 2 fully saturated rings. The van der Waals surface area contributed by atoms with Crippen LogP contribution in [0.15, 0.2) is 133 Å². The van der Waals surface area contributed by atoms with Gasteiger partial charge < -0.3 is 38.3 Å². The second-order valence-electron chi connectivity index (χ2n) is 21.4. The molecule has 2 aliphatic rings. The van der Waals surface area contributed by atoms with Gasteiger partial charge in [-0.1, -0.05) is 24.3 Å². The van der Waals surface area contributed by atoms with Crippen molar-refractivity contribution in [2.24, 2.45) is 11.8 Å². The number of carboxylic acid groups (broad SMARTS) is 2. The van der Waals surface area contributed by atoms with E-state index in [0.717, 1.165) is 36.4 Å². The number of aromatic nitrogens is 6. The van der Waals surface area contributed by atoms with Crippen molar-refractivity contribution in [2.75, 3.05) is 26.4 Å². The maximum absolute atomic E-state index is 15.6. The van der Waals surface area contributed by atoms with Gasteiger partial charge in [0, 0.05) is 47.2 Å². The molecular formula is C66H46F10N8O8. The van der Waals surface area contributed by atoms with E-state index in [1.807, 2.05) is 12.1 Å². The number of ether oxygens (including phenoxy) is 4. The summed E-state index contributed by atoms with van der Waals surface area (Å²) in [7, 11) is 0. The maximum Gasteiger partial charge on any atom is 0.335 e.